The number of rotatable bonds is 4. The van der Waals surface area contributed by atoms with Gasteiger partial charge in [0.05, 0.1) is 22.3 Å². The van der Waals surface area contributed by atoms with Gasteiger partial charge in [0.15, 0.2) is 0 Å². The molecule has 0 atom stereocenters. The maximum Gasteiger partial charge on any atom is 0.262 e. The smallest absolute Gasteiger partial charge is 0.262 e. The largest absolute Gasteiger partial charge is 0.279 e. The average molecular weight is 404 g/mol. The van der Waals surface area contributed by atoms with Crippen LogP contribution < -0.4 is 5.56 Å². The third-order valence-corrected chi connectivity index (χ3v) is 5.63. The van der Waals surface area contributed by atoms with E-state index in [2.05, 4.69) is 25.7 Å². The Bertz CT molecular complexity index is 1400. The fraction of sp³-hybridized carbons (Fsp3) is 0.158. The molecule has 0 N–H and O–H groups in total. The maximum absolute atomic E-state index is 12.7. The maximum atomic E-state index is 12.7. The summed E-state index contributed by atoms with van der Waals surface area (Å²) in [6.45, 7) is 1.97. The number of hydrogen-bond acceptors (Lipinski definition) is 7. The van der Waals surface area contributed by atoms with Gasteiger partial charge in [-0.1, -0.05) is 41.6 Å². The lowest BCUT2D eigenvalue weighted by atomic mass is 10.1. The van der Waals surface area contributed by atoms with Gasteiger partial charge in [-0.15, -0.1) is 15.3 Å². The second-order valence-corrected chi connectivity index (χ2v) is 7.58. The highest BCUT2D eigenvalue weighted by Gasteiger charge is 2.16. The van der Waals surface area contributed by atoms with Crippen LogP contribution in [0.2, 0.25) is 0 Å². The van der Waals surface area contributed by atoms with Crippen molar-refractivity contribution >= 4 is 28.4 Å². The molecule has 5 aromatic rings. The number of thioether (sulfide) groups is 1. The molecule has 3 aromatic heterocycles. The zero-order chi connectivity index (χ0) is 20.0. The quantitative estimate of drug-likeness (QED) is 0.424. The third kappa shape index (κ3) is 2.88. The minimum atomic E-state index is -0.0872. The molecular formula is C19H16N8OS. The minimum absolute atomic E-state index is 0.0872. The minimum Gasteiger partial charge on any atom is -0.279 e. The lowest BCUT2D eigenvalue weighted by Gasteiger charge is -2.08. The van der Waals surface area contributed by atoms with Crippen molar-refractivity contribution in [3.63, 3.8) is 0 Å². The van der Waals surface area contributed by atoms with E-state index in [1.54, 1.807) is 11.7 Å². The second-order valence-electron chi connectivity index (χ2n) is 6.63. The third-order valence-electron chi connectivity index (χ3n) is 4.71. The summed E-state index contributed by atoms with van der Waals surface area (Å²) < 4.78 is 5.13. The van der Waals surface area contributed by atoms with Crippen molar-refractivity contribution in [3.05, 3.63) is 70.3 Å². The Morgan fingerprint density at radius 3 is 2.69 bits per heavy atom. The Morgan fingerprint density at radius 2 is 1.86 bits per heavy atom. The average Bonchev–Trinajstić information content (AvgIpc) is 3.38. The van der Waals surface area contributed by atoms with Gasteiger partial charge in [-0.2, -0.15) is 4.68 Å². The van der Waals surface area contributed by atoms with E-state index in [0.29, 0.717) is 22.1 Å². The molecule has 0 saturated carbocycles. The molecular weight excluding hydrogens is 388 g/mol. The molecule has 3 heterocycles. The molecule has 0 unspecified atom stereocenters. The molecule has 2 aromatic carbocycles. The number of fused-ring (bicyclic) bond motifs is 3. The number of aryl methyl sites for hydroxylation is 2. The van der Waals surface area contributed by atoms with Crippen molar-refractivity contribution in [2.24, 2.45) is 7.05 Å². The van der Waals surface area contributed by atoms with Crippen molar-refractivity contribution in [1.82, 2.24) is 39.4 Å². The summed E-state index contributed by atoms with van der Waals surface area (Å²) >= 11 is 1.46. The summed E-state index contributed by atoms with van der Waals surface area (Å²) in [4.78, 5) is 12.7. The van der Waals surface area contributed by atoms with E-state index >= 15 is 0 Å². The first kappa shape index (κ1) is 17.6. The van der Waals surface area contributed by atoms with Gasteiger partial charge in [0.25, 0.3) is 5.56 Å². The first-order chi connectivity index (χ1) is 14.1. The van der Waals surface area contributed by atoms with Gasteiger partial charge in [0.1, 0.15) is 5.82 Å². The number of hydrogen-bond donors (Lipinski definition) is 0. The summed E-state index contributed by atoms with van der Waals surface area (Å²) in [5.41, 5.74) is 2.61. The van der Waals surface area contributed by atoms with E-state index in [9.17, 15) is 4.79 Å². The molecule has 0 aliphatic heterocycles. The number of benzene rings is 2. The predicted octanol–water partition coefficient (Wildman–Crippen LogP) is 2.16. The van der Waals surface area contributed by atoms with Crippen molar-refractivity contribution in [3.8, 4) is 5.69 Å². The van der Waals surface area contributed by atoms with E-state index in [-0.39, 0.29) is 5.56 Å². The monoisotopic (exact) mass is 404 g/mol. The Labute approximate surface area is 169 Å². The normalized spacial score (nSPS) is 11.5. The molecule has 0 bridgehead atoms. The molecule has 0 saturated heterocycles. The molecule has 0 spiro atoms. The van der Waals surface area contributed by atoms with Crippen LogP contribution in [-0.2, 0) is 12.8 Å². The fourth-order valence-electron chi connectivity index (χ4n) is 3.28. The van der Waals surface area contributed by atoms with Crippen LogP contribution in [0.15, 0.2) is 58.5 Å². The first-order valence-corrected chi connectivity index (χ1v) is 9.92. The molecule has 0 fully saturated rings. The summed E-state index contributed by atoms with van der Waals surface area (Å²) in [5.74, 6) is 1.72. The molecule has 9 nitrogen and oxygen atoms in total. The van der Waals surface area contributed by atoms with Crippen LogP contribution in [0.4, 0.5) is 0 Å². The van der Waals surface area contributed by atoms with Gasteiger partial charge in [-0.25, -0.2) is 0 Å². The van der Waals surface area contributed by atoms with Crippen molar-refractivity contribution in [1.29, 1.82) is 0 Å². The molecule has 144 valence electrons. The van der Waals surface area contributed by atoms with Crippen LogP contribution in [0.5, 0.6) is 0 Å². The molecule has 0 amide bonds. The lowest BCUT2D eigenvalue weighted by Crippen LogP contribution is -2.20. The first-order valence-electron chi connectivity index (χ1n) is 8.93. The van der Waals surface area contributed by atoms with Crippen LogP contribution in [0.1, 0.15) is 11.4 Å². The van der Waals surface area contributed by atoms with Gasteiger partial charge >= 0.3 is 0 Å². The highest BCUT2D eigenvalue weighted by Crippen LogP contribution is 2.23. The Hall–Kier alpha value is -3.53. The van der Waals surface area contributed by atoms with E-state index in [1.165, 1.54) is 16.3 Å². The van der Waals surface area contributed by atoms with Gasteiger partial charge in [-0.3, -0.25) is 13.8 Å². The molecule has 29 heavy (non-hydrogen) atoms. The van der Waals surface area contributed by atoms with E-state index < -0.39 is 0 Å². The van der Waals surface area contributed by atoms with Crippen LogP contribution >= 0.6 is 11.8 Å². The van der Waals surface area contributed by atoms with E-state index in [1.807, 2.05) is 59.9 Å². The van der Waals surface area contributed by atoms with Crippen LogP contribution in [0, 0.1) is 6.92 Å². The van der Waals surface area contributed by atoms with Gasteiger partial charge in [-0.05, 0) is 41.6 Å². The highest BCUT2D eigenvalue weighted by molar-refractivity contribution is 7.98. The Morgan fingerprint density at radius 1 is 1.03 bits per heavy atom. The summed E-state index contributed by atoms with van der Waals surface area (Å²) in [6, 6.07) is 15.5. The molecule has 5 rings (SSSR count). The van der Waals surface area contributed by atoms with Gasteiger partial charge in [0.2, 0.25) is 10.9 Å². The Kier molecular flexibility index (Phi) is 4.13. The number of para-hydroxylation sites is 1. The topological polar surface area (TPSA) is 95.8 Å². The molecule has 0 radical (unpaired) electrons. The Balaban J connectivity index is 1.57. The SMILES string of the molecule is Cc1ccc2c(c1)c(=O)n(C)c1nnc(CSc3nnnn3-c3ccccc3)n21. The predicted molar refractivity (Wildman–Crippen MR) is 109 cm³/mol. The van der Waals surface area contributed by atoms with E-state index in [0.717, 1.165) is 22.6 Å². The second kappa shape index (κ2) is 6.82. The van der Waals surface area contributed by atoms with Crippen molar-refractivity contribution in [2.75, 3.05) is 0 Å². The van der Waals surface area contributed by atoms with Gasteiger partial charge in [0, 0.05) is 7.05 Å². The van der Waals surface area contributed by atoms with E-state index in [4.69, 9.17) is 0 Å². The lowest BCUT2D eigenvalue weighted by molar-refractivity contribution is 0.756. The highest BCUT2D eigenvalue weighted by atomic mass is 32.2. The van der Waals surface area contributed by atoms with Crippen molar-refractivity contribution < 1.29 is 0 Å². The molecule has 0 aliphatic carbocycles. The molecule has 10 heteroatoms. The number of nitrogens with zero attached hydrogens (tertiary/aromatic N) is 8. The zero-order valence-corrected chi connectivity index (χ0v) is 16.5. The number of aromatic nitrogens is 8. The fourth-order valence-corrected chi connectivity index (χ4v) is 4.09. The summed E-state index contributed by atoms with van der Waals surface area (Å²) in [6.07, 6.45) is 0. The van der Waals surface area contributed by atoms with Gasteiger partial charge < -0.3 is 0 Å². The van der Waals surface area contributed by atoms with Crippen molar-refractivity contribution in [2.45, 2.75) is 17.8 Å². The zero-order valence-electron chi connectivity index (χ0n) is 15.7. The van der Waals surface area contributed by atoms with Crippen LogP contribution in [0.3, 0.4) is 0 Å². The number of tetrazole rings is 1. The van der Waals surface area contributed by atoms with Crippen LogP contribution in [-0.4, -0.2) is 39.4 Å². The molecule has 0 aliphatic rings. The summed E-state index contributed by atoms with van der Waals surface area (Å²) in [7, 11) is 1.71. The van der Waals surface area contributed by atoms with Crippen LogP contribution in [0.25, 0.3) is 22.4 Å². The summed E-state index contributed by atoms with van der Waals surface area (Å²) in [5, 5.41) is 21.9. The standard InChI is InChI=1S/C19H16N8OS/c1-12-8-9-15-14(10-12)17(28)25(2)18-21-20-16(26(15)18)11-29-19-22-23-24-27(19)13-6-4-3-5-7-13/h3-10H,11H2,1-2H3.